The third kappa shape index (κ3) is 5.34. The Morgan fingerprint density at radius 2 is 1.36 bits per heavy atom. The van der Waals surface area contributed by atoms with Gasteiger partial charge in [-0.3, -0.25) is 14.4 Å². The van der Waals surface area contributed by atoms with Crippen molar-refractivity contribution in [3.05, 3.63) is 68.6 Å². The SMILES string of the molecule is CCOC(=O)C(CC(=O)c1ccc(Br)cc1)C(=O)c1ccc(Br)cc1. The van der Waals surface area contributed by atoms with Crippen molar-refractivity contribution in [2.24, 2.45) is 5.92 Å². The van der Waals surface area contributed by atoms with E-state index in [1.165, 1.54) is 0 Å². The normalized spacial score (nSPS) is 11.6. The van der Waals surface area contributed by atoms with Crippen LogP contribution >= 0.6 is 31.9 Å². The number of Topliss-reactive ketones (excluding diaryl/α,β-unsaturated/α-hetero) is 2. The molecule has 6 heteroatoms. The molecule has 0 N–H and O–H groups in total. The number of carbonyl (C=O) groups excluding carboxylic acids is 3. The number of benzene rings is 2. The molecule has 0 heterocycles. The molecule has 4 nitrogen and oxygen atoms in total. The van der Waals surface area contributed by atoms with E-state index in [4.69, 9.17) is 4.74 Å². The minimum atomic E-state index is -1.16. The number of hydrogen-bond acceptors (Lipinski definition) is 4. The number of ether oxygens (including phenoxy) is 1. The molecule has 0 fully saturated rings. The molecule has 130 valence electrons. The number of carbonyl (C=O) groups is 3. The van der Waals surface area contributed by atoms with E-state index in [-0.39, 0.29) is 18.8 Å². The van der Waals surface area contributed by atoms with Crippen LogP contribution in [0.4, 0.5) is 0 Å². The average Bonchev–Trinajstić information content (AvgIpc) is 2.60. The molecule has 0 bridgehead atoms. The monoisotopic (exact) mass is 466 g/mol. The molecule has 0 saturated heterocycles. The molecule has 1 atom stereocenters. The van der Waals surface area contributed by atoms with Crippen molar-refractivity contribution < 1.29 is 19.1 Å². The van der Waals surface area contributed by atoms with Gasteiger partial charge in [-0.15, -0.1) is 0 Å². The number of ketones is 2. The van der Waals surface area contributed by atoms with Gasteiger partial charge < -0.3 is 4.74 Å². The minimum Gasteiger partial charge on any atom is -0.465 e. The zero-order chi connectivity index (χ0) is 18.4. The van der Waals surface area contributed by atoms with Gasteiger partial charge in [-0.25, -0.2) is 0 Å². The Labute approximate surface area is 162 Å². The van der Waals surface area contributed by atoms with Crippen LogP contribution in [-0.4, -0.2) is 24.1 Å². The highest BCUT2D eigenvalue weighted by Crippen LogP contribution is 2.20. The summed E-state index contributed by atoms with van der Waals surface area (Å²) < 4.78 is 6.66. The summed E-state index contributed by atoms with van der Waals surface area (Å²) in [4.78, 5) is 37.4. The Morgan fingerprint density at radius 1 is 0.880 bits per heavy atom. The number of hydrogen-bond donors (Lipinski definition) is 0. The van der Waals surface area contributed by atoms with E-state index < -0.39 is 17.7 Å². The van der Waals surface area contributed by atoms with Gasteiger partial charge in [-0.1, -0.05) is 56.1 Å². The van der Waals surface area contributed by atoms with Crippen molar-refractivity contribution >= 4 is 49.4 Å². The van der Waals surface area contributed by atoms with Crippen LogP contribution in [0, 0.1) is 5.92 Å². The van der Waals surface area contributed by atoms with Gasteiger partial charge in [0, 0.05) is 26.5 Å². The number of rotatable bonds is 7. The van der Waals surface area contributed by atoms with Crippen molar-refractivity contribution in [3.8, 4) is 0 Å². The summed E-state index contributed by atoms with van der Waals surface area (Å²) in [5.74, 6) is -2.54. The molecule has 2 aromatic carbocycles. The fraction of sp³-hybridized carbons (Fsp3) is 0.211. The first-order valence-corrected chi connectivity index (χ1v) is 9.26. The van der Waals surface area contributed by atoms with Crippen LogP contribution in [-0.2, 0) is 9.53 Å². The predicted octanol–water partition coefficient (Wildman–Crippen LogP) is 4.85. The Morgan fingerprint density at radius 3 is 1.84 bits per heavy atom. The minimum absolute atomic E-state index is 0.148. The summed E-state index contributed by atoms with van der Waals surface area (Å²) in [6.45, 7) is 1.81. The second kappa shape index (κ2) is 9.06. The fourth-order valence-corrected chi connectivity index (χ4v) is 2.81. The second-order valence-electron chi connectivity index (χ2n) is 5.31. The van der Waals surface area contributed by atoms with Gasteiger partial charge >= 0.3 is 5.97 Å². The molecule has 0 saturated carbocycles. The fourth-order valence-electron chi connectivity index (χ4n) is 2.28. The van der Waals surface area contributed by atoms with Crippen LogP contribution in [0.25, 0.3) is 0 Å². The summed E-state index contributed by atoms with van der Waals surface area (Å²) in [5, 5.41) is 0. The van der Waals surface area contributed by atoms with Gasteiger partial charge in [-0.05, 0) is 31.2 Å². The van der Waals surface area contributed by atoms with Crippen molar-refractivity contribution in [3.63, 3.8) is 0 Å². The van der Waals surface area contributed by atoms with E-state index in [0.717, 1.165) is 8.95 Å². The first kappa shape index (κ1) is 19.5. The highest BCUT2D eigenvalue weighted by atomic mass is 79.9. The van der Waals surface area contributed by atoms with Crippen molar-refractivity contribution in [1.82, 2.24) is 0 Å². The summed E-state index contributed by atoms with van der Waals surface area (Å²) in [7, 11) is 0. The van der Waals surface area contributed by atoms with Crippen molar-refractivity contribution in [1.29, 1.82) is 0 Å². The molecule has 0 spiro atoms. The highest BCUT2D eigenvalue weighted by Gasteiger charge is 2.31. The lowest BCUT2D eigenvalue weighted by atomic mass is 9.91. The van der Waals surface area contributed by atoms with Crippen LogP contribution in [0.2, 0.25) is 0 Å². The van der Waals surface area contributed by atoms with Gasteiger partial charge in [0.15, 0.2) is 11.6 Å². The van der Waals surface area contributed by atoms with E-state index in [1.807, 2.05) is 0 Å². The summed E-state index contributed by atoms with van der Waals surface area (Å²) in [5.41, 5.74) is 0.811. The van der Waals surface area contributed by atoms with E-state index in [1.54, 1.807) is 55.5 Å². The second-order valence-corrected chi connectivity index (χ2v) is 7.14. The standard InChI is InChI=1S/C19H16Br2O4/c1-2-25-19(24)16(18(23)13-5-9-15(21)10-6-13)11-17(22)12-3-7-14(20)8-4-12/h3-10,16H,2,11H2,1H3. The zero-order valence-electron chi connectivity index (χ0n) is 13.5. The molecule has 0 aromatic heterocycles. The van der Waals surface area contributed by atoms with Gasteiger partial charge in [0.2, 0.25) is 0 Å². The summed E-state index contributed by atoms with van der Waals surface area (Å²) in [6.07, 6.45) is -0.227. The maximum Gasteiger partial charge on any atom is 0.317 e. The molecule has 0 aliphatic rings. The Balaban J connectivity index is 2.24. The van der Waals surface area contributed by atoms with Crippen LogP contribution in [0.15, 0.2) is 57.5 Å². The molecule has 1 unspecified atom stereocenters. The third-order valence-corrected chi connectivity index (χ3v) is 4.63. The molecule has 2 aromatic rings. The number of esters is 1. The first-order valence-electron chi connectivity index (χ1n) is 7.67. The van der Waals surface area contributed by atoms with E-state index >= 15 is 0 Å². The maximum absolute atomic E-state index is 12.7. The molecular formula is C19H16Br2O4. The summed E-state index contributed by atoms with van der Waals surface area (Å²) >= 11 is 6.61. The van der Waals surface area contributed by atoms with Crippen LogP contribution in [0.3, 0.4) is 0 Å². The smallest absolute Gasteiger partial charge is 0.317 e. The molecular weight excluding hydrogens is 452 g/mol. The molecule has 0 amide bonds. The third-order valence-electron chi connectivity index (χ3n) is 3.57. The quantitative estimate of drug-likeness (QED) is 0.332. The van der Waals surface area contributed by atoms with Crippen LogP contribution in [0.1, 0.15) is 34.1 Å². The lowest BCUT2D eigenvalue weighted by Crippen LogP contribution is -2.29. The highest BCUT2D eigenvalue weighted by molar-refractivity contribution is 9.10. The van der Waals surface area contributed by atoms with E-state index in [0.29, 0.717) is 11.1 Å². The van der Waals surface area contributed by atoms with Crippen molar-refractivity contribution in [2.45, 2.75) is 13.3 Å². The van der Waals surface area contributed by atoms with Gasteiger partial charge in [0.1, 0.15) is 5.92 Å². The van der Waals surface area contributed by atoms with E-state index in [9.17, 15) is 14.4 Å². The average molecular weight is 468 g/mol. The molecule has 0 radical (unpaired) electrons. The molecule has 0 aliphatic heterocycles. The number of halogens is 2. The lowest BCUT2D eigenvalue weighted by molar-refractivity contribution is -0.146. The van der Waals surface area contributed by atoms with Crippen LogP contribution < -0.4 is 0 Å². The maximum atomic E-state index is 12.7. The van der Waals surface area contributed by atoms with E-state index in [2.05, 4.69) is 31.9 Å². The zero-order valence-corrected chi connectivity index (χ0v) is 16.7. The van der Waals surface area contributed by atoms with Crippen molar-refractivity contribution in [2.75, 3.05) is 6.61 Å². The molecule has 0 aliphatic carbocycles. The van der Waals surface area contributed by atoms with Gasteiger partial charge in [-0.2, -0.15) is 0 Å². The molecule has 2 rings (SSSR count). The van der Waals surface area contributed by atoms with Gasteiger partial charge in [0.25, 0.3) is 0 Å². The molecule has 25 heavy (non-hydrogen) atoms. The summed E-state index contributed by atoms with van der Waals surface area (Å²) in [6, 6.07) is 13.4. The Kier molecular flexibility index (Phi) is 7.08. The topological polar surface area (TPSA) is 60.4 Å². The first-order chi connectivity index (χ1) is 11.9. The Bertz CT molecular complexity index is 767. The lowest BCUT2D eigenvalue weighted by Gasteiger charge is -2.14. The predicted molar refractivity (Wildman–Crippen MR) is 102 cm³/mol. The van der Waals surface area contributed by atoms with Crippen LogP contribution in [0.5, 0.6) is 0 Å². The largest absolute Gasteiger partial charge is 0.465 e. The van der Waals surface area contributed by atoms with Gasteiger partial charge in [0.05, 0.1) is 6.61 Å². The Hall–Kier alpha value is -1.79.